The first kappa shape index (κ1) is 52.9. The average Bonchev–Trinajstić information content (AvgIpc) is 3.60. The molecule has 64 heavy (non-hydrogen) atoms. The number of nitrogens with one attached hydrogen (secondary N) is 3. The van der Waals surface area contributed by atoms with Crippen molar-refractivity contribution in [1.29, 1.82) is 0 Å². The van der Waals surface area contributed by atoms with Crippen LogP contribution in [-0.2, 0) is 28.6 Å². The average molecular weight is 899 g/mol. The molecule has 0 radical (unpaired) electrons. The fourth-order valence-corrected chi connectivity index (χ4v) is 11.8. The van der Waals surface area contributed by atoms with Crippen LogP contribution in [0.2, 0.25) is 0 Å². The van der Waals surface area contributed by atoms with Gasteiger partial charge < -0.3 is 47.4 Å². The number of amides is 3. The molecule has 4 rings (SSSR count). The van der Waals surface area contributed by atoms with E-state index >= 15 is 0 Å². The zero-order valence-corrected chi connectivity index (χ0v) is 40.4. The van der Waals surface area contributed by atoms with Crippen LogP contribution in [0, 0.1) is 52.3 Å². The molecule has 4 aliphatic carbocycles. The van der Waals surface area contributed by atoms with Crippen molar-refractivity contribution in [2.24, 2.45) is 79.4 Å². The Kier molecular flexibility index (Phi) is 21.8. The Hall–Kier alpha value is -3.72. The predicted molar refractivity (Wildman–Crippen MR) is 253 cm³/mol. The summed E-state index contributed by atoms with van der Waals surface area (Å²) in [5, 5.41) is 8.47. The number of hydrogen-bond donors (Lipinski definition) is 6. The van der Waals surface area contributed by atoms with Gasteiger partial charge in [-0.05, 0) is 117 Å². The van der Waals surface area contributed by atoms with Gasteiger partial charge >= 0.3 is 6.09 Å². The summed E-state index contributed by atoms with van der Waals surface area (Å²) in [5.41, 5.74) is 18.5. The van der Waals surface area contributed by atoms with Crippen molar-refractivity contribution < 1.29 is 33.4 Å². The molecule has 0 aromatic rings. The van der Waals surface area contributed by atoms with E-state index in [-0.39, 0.29) is 80.8 Å². The molecule has 364 valence electrons. The normalized spacial score (nSPS) is 27.3. The maximum atomic E-state index is 13.0. The number of aliphatic imine (C=N–C) groups is 2. The number of ketones is 1. The second-order valence-corrected chi connectivity index (χ2v) is 20.3. The van der Waals surface area contributed by atoms with Gasteiger partial charge in [0, 0.05) is 57.9 Å². The van der Waals surface area contributed by atoms with Crippen molar-refractivity contribution in [3.63, 3.8) is 0 Å². The van der Waals surface area contributed by atoms with Gasteiger partial charge in [-0.3, -0.25) is 24.4 Å². The van der Waals surface area contributed by atoms with E-state index < -0.39 is 12.0 Å². The van der Waals surface area contributed by atoms with E-state index in [0.29, 0.717) is 56.8 Å². The third-order valence-electron chi connectivity index (χ3n) is 15.2. The van der Waals surface area contributed by atoms with Crippen molar-refractivity contribution in [3.8, 4) is 0 Å². The van der Waals surface area contributed by atoms with Crippen molar-refractivity contribution >= 4 is 35.5 Å². The number of amidine groups is 1. The summed E-state index contributed by atoms with van der Waals surface area (Å²) >= 11 is 0. The van der Waals surface area contributed by atoms with E-state index in [4.69, 9.17) is 31.4 Å². The van der Waals surface area contributed by atoms with Crippen LogP contribution in [0.25, 0.3) is 0 Å². The lowest BCUT2D eigenvalue weighted by atomic mass is 9.47. The van der Waals surface area contributed by atoms with E-state index in [1.54, 1.807) is 6.92 Å². The van der Waals surface area contributed by atoms with Gasteiger partial charge in [-0.15, -0.1) is 0 Å². The maximum absolute atomic E-state index is 13.0. The summed E-state index contributed by atoms with van der Waals surface area (Å²) in [6.07, 6.45) is 16.9. The quantitative estimate of drug-likeness (QED) is 0.0226. The fourth-order valence-electron chi connectivity index (χ4n) is 11.8. The van der Waals surface area contributed by atoms with Crippen LogP contribution in [0.1, 0.15) is 144 Å². The number of Topliss-reactive ketones (excluding diaryl/α,β-unsaturated/α-hetero) is 1. The third kappa shape index (κ3) is 16.3. The highest BCUT2D eigenvalue weighted by atomic mass is 16.6. The predicted octanol–water partition coefficient (Wildman–Crippen LogP) is 6.17. The number of nitrogens with two attached hydrogens (primary N) is 3. The monoisotopic (exact) mass is 899 g/mol. The summed E-state index contributed by atoms with van der Waals surface area (Å²) in [4.78, 5) is 59.1. The molecule has 9 atom stereocenters. The Morgan fingerprint density at radius 3 is 2.28 bits per heavy atom. The SMILES string of the molecule is CC(N)=NCCCNC(=O)CCC(CC(=O)COCCOCCNC(=O)OC1CCC2(C)C(=CCC3C2CCC2(C)C(C(C)CCCC(C)C)CCC32)C1)C(=O)NCCCN=C(N)N. The van der Waals surface area contributed by atoms with Gasteiger partial charge in [0.25, 0.3) is 0 Å². The molecule has 15 heteroatoms. The lowest BCUT2D eigenvalue weighted by Gasteiger charge is -2.58. The standard InChI is InChI=1S/C49H86N8O7/c1-33(2)10-7-11-34(3)41-15-16-42-40-14-13-37-31-39(18-20-48(37,5)43(40)19-21-49(41,42)6)64-47(61)57-26-27-62-28-29-63-32-38(58)30-36(45(60)55-24-9-25-56-46(51)52)12-17-44(59)54-23-8-22-53-35(4)50/h13,33-34,36,39-43H,7-12,14-32H2,1-6H3,(H2,50,53)(H,54,59)(H,55,60)(H,57,61)(H4,51,52,56). The Morgan fingerprint density at radius 2 is 1.55 bits per heavy atom. The molecule has 4 aliphatic rings. The Labute approximate surface area is 384 Å². The van der Waals surface area contributed by atoms with E-state index in [1.165, 1.54) is 56.9 Å². The molecule has 0 heterocycles. The second-order valence-electron chi connectivity index (χ2n) is 20.3. The van der Waals surface area contributed by atoms with Crippen LogP contribution < -0.4 is 33.2 Å². The minimum atomic E-state index is -0.701. The van der Waals surface area contributed by atoms with Gasteiger partial charge in [-0.1, -0.05) is 65.5 Å². The number of ether oxygens (including phenoxy) is 3. The number of carbonyl (C=O) groups is 4. The molecule has 0 saturated heterocycles. The summed E-state index contributed by atoms with van der Waals surface area (Å²) in [5.74, 6) is 3.78. The molecule has 0 aliphatic heterocycles. The number of carbonyl (C=O) groups excluding carboxylic acids is 4. The van der Waals surface area contributed by atoms with E-state index in [2.05, 4.69) is 66.6 Å². The Morgan fingerprint density at radius 1 is 0.812 bits per heavy atom. The number of guanidine groups is 1. The molecule has 15 nitrogen and oxygen atoms in total. The largest absolute Gasteiger partial charge is 0.446 e. The van der Waals surface area contributed by atoms with Crippen LogP contribution in [0.5, 0.6) is 0 Å². The third-order valence-corrected chi connectivity index (χ3v) is 15.2. The number of alkyl carbamates (subject to hydrolysis) is 1. The molecular formula is C49H86N8O7. The molecule has 0 aromatic carbocycles. The lowest BCUT2D eigenvalue weighted by molar-refractivity contribution is -0.132. The minimum Gasteiger partial charge on any atom is -0.446 e. The van der Waals surface area contributed by atoms with Crippen molar-refractivity contribution in [2.75, 3.05) is 59.2 Å². The highest BCUT2D eigenvalue weighted by Gasteiger charge is 2.59. The topological polar surface area (TPSA) is 235 Å². The molecule has 9 unspecified atom stereocenters. The second kappa shape index (κ2) is 26.4. The van der Waals surface area contributed by atoms with Gasteiger partial charge in [-0.2, -0.15) is 0 Å². The first-order valence-electron chi connectivity index (χ1n) is 24.7. The van der Waals surface area contributed by atoms with Crippen molar-refractivity contribution in [3.05, 3.63) is 11.6 Å². The summed E-state index contributed by atoms with van der Waals surface area (Å²) in [6, 6.07) is 0. The van der Waals surface area contributed by atoms with E-state index in [9.17, 15) is 19.2 Å². The maximum Gasteiger partial charge on any atom is 0.407 e. The van der Waals surface area contributed by atoms with Gasteiger partial charge in [0.05, 0.1) is 25.7 Å². The van der Waals surface area contributed by atoms with Crippen molar-refractivity contribution in [1.82, 2.24) is 16.0 Å². The van der Waals surface area contributed by atoms with Gasteiger partial charge in [-0.25, -0.2) is 4.79 Å². The number of allylic oxidation sites excluding steroid dienone is 1. The molecule has 0 spiro atoms. The van der Waals surface area contributed by atoms with E-state index in [1.807, 2.05) is 0 Å². The van der Waals surface area contributed by atoms with Crippen LogP contribution in [-0.4, -0.2) is 101 Å². The number of nitrogens with zero attached hydrogens (tertiary/aromatic N) is 2. The number of fused-ring (bicyclic) bond motifs is 5. The first-order valence-corrected chi connectivity index (χ1v) is 24.7. The first-order chi connectivity index (χ1) is 30.5. The van der Waals surface area contributed by atoms with Crippen LogP contribution in [0.3, 0.4) is 0 Å². The molecule has 3 amide bonds. The fraction of sp³-hybridized carbons (Fsp3) is 0.837. The highest BCUT2D eigenvalue weighted by Crippen LogP contribution is 2.67. The zero-order chi connectivity index (χ0) is 46.7. The number of hydrogen-bond acceptors (Lipinski definition) is 9. The Balaban J connectivity index is 1.11. The molecule has 9 N–H and O–H groups in total. The van der Waals surface area contributed by atoms with Crippen LogP contribution in [0.4, 0.5) is 4.79 Å². The smallest absolute Gasteiger partial charge is 0.407 e. The minimum absolute atomic E-state index is 0.0231. The van der Waals surface area contributed by atoms with Gasteiger partial charge in [0.2, 0.25) is 11.8 Å². The molecule has 3 saturated carbocycles. The lowest BCUT2D eigenvalue weighted by Crippen LogP contribution is -2.51. The number of rotatable bonds is 28. The highest BCUT2D eigenvalue weighted by molar-refractivity contribution is 5.88. The molecule has 3 fully saturated rings. The van der Waals surface area contributed by atoms with Gasteiger partial charge in [0.15, 0.2) is 11.7 Å². The van der Waals surface area contributed by atoms with E-state index in [0.717, 1.165) is 54.8 Å². The zero-order valence-electron chi connectivity index (χ0n) is 40.4. The summed E-state index contributed by atoms with van der Waals surface area (Å²) < 4.78 is 17.1. The van der Waals surface area contributed by atoms with Crippen molar-refractivity contribution in [2.45, 2.75) is 150 Å². The van der Waals surface area contributed by atoms with Crippen LogP contribution in [0.15, 0.2) is 21.6 Å². The summed E-state index contributed by atoms with van der Waals surface area (Å²) in [6.45, 7) is 16.5. The van der Waals surface area contributed by atoms with Gasteiger partial charge in [0.1, 0.15) is 12.7 Å². The molecule has 0 bridgehead atoms. The Bertz CT molecular complexity index is 1600. The molecular weight excluding hydrogens is 813 g/mol. The molecule has 0 aromatic heterocycles. The summed E-state index contributed by atoms with van der Waals surface area (Å²) in [7, 11) is 0. The van der Waals surface area contributed by atoms with Crippen LogP contribution >= 0.6 is 0 Å².